The molecule has 0 aliphatic carbocycles. The Kier molecular flexibility index (Phi) is 5.94. The van der Waals surface area contributed by atoms with Crippen LogP contribution in [0.15, 0.2) is 36.4 Å². The van der Waals surface area contributed by atoms with Crippen LogP contribution in [0.25, 0.3) is 0 Å². The zero-order valence-electron chi connectivity index (χ0n) is 14.4. The van der Waals surface area contributed by atoms with Crippen LogP contribution < -0.4 is 14.8 Å². The lowest BCUT2D eigenvalue weighted by molar-refractivity contribution is -0.385. The van der Waals surface area contributed by atoms with Gasteiger partial charge >= 0.3 is 0 Å². The Bertz CT molecular complexity index is 789. The molecule has 2 aromatic carbocycles. The van der Waals surface area contributed by atoms with Crippen LogP contribution in [0.3, 0.4) is 0 Å². The van der Waals surface area contributed by atoms with E-state index >= 15 is 0 Å². The van der Waals surface area contributed by atoms with E-state index in [-0.39, 0.29) is 22.7 Å². The minimum Gasteiger partial charge on any atom is -0.493 e. The van der Waals surface area contributed by atoms with Gasteiger partial charge in [0.2, 0.25) is 0 Å². The fourth-order valence-electron chi connectivity index (χ4n) is 2.45. The number of hydrogen-bond donors (Lipinski definition) is 1. The number of rotatable bonds is 7. The van der Waals surface area contributed by atoms with E-state index in [0.29, 0.717) is 12.3 Å². The van der Waals surface area contributed by atoms with Crippen LogP contribution in [0.4, 0.5) is 11.4 Å². The van der Waals surface area contributed by atoms with Gasteiger partial charge < -0.3 is 14.8 Å². The Morgan fingerprint density at radius 3 is 2.52 bits per heavy atom. The average molecular weight is 344 g/mol. The normalized spacial score (nSPS) is 10.2. The second-order valence-electron chi connectivity index (χ2n) is 5.18. The third-order valence-electron chi connectivity index (χ3n) is 3.67. The summed E-state index contributed by atoms with van der Waals surface area (Å²) in [7, 11) is 1.41. The molecule has 0 unspecified atom stereocenters. The van der Waals surface area contributed by atoms with Crippen molar-refractivity contribution in [3.8, 4) is 11.5 Å². The molecule has 0 atom stereocenters. The molecular weight excluding hydrogens is 324 g/mol. The summed E-state index contributed by atoms with van der Waals surface area (Å²) in [5, 5.41) is 14.1. The number of hydrogen-bond acceptors (Lipinski definition) is 5. The van der Waals surface area contributed by atoms with E-state index in [1.165, 1.54) is 19.2 Å². The molecule has 0 aromatic heterocycles. The Balaban J connectivity index is 2.45. The molecule has 0 spiro atoms. The number of nitrogens with zero attached hydrogens (tertiary/aromatic N) is 1. The van der Waals surface area contributed by atoms with Gasteiger partial charge in [-0.3, -0.25) is 14.9 Å². The highest BCUT2D eigenvalue weighted by Gasteiger charge is 2.25. The van der Waals surface area contributed by atoms with E-state index < -0.39 is 10.8 Å². The summed E-state index contributed by atoms with van der Waals surface area (Å²) in [5.74, 6) is -0.0856. The quantitative estimate of drug-likeness (QED) is 0.609. The molecule has 7 heteroatoms. The number of nitro groups is 1. The number of ether oxygens (including phenoxy) is 2. The Labute approximate surface area is 145 Å². The van der Waals surface area contributed by atoms with Crippen LogP contribution in [-0.4, -0.2) is 24.5 Å². The van der Waals surface area contributed by atoms with Crippen molar-refractivity contribution in [1.29, 1.82) is 0 Å². The summed E-state index contributed by atoms with van der Waals surface area (Å²) in [5.41, 5.74) is 1.14. The number of benzene rings is 2. The summed E-state index contributed by atoms with van der Waals surface area (Å²) in [6, 6.07) is 9.85. The number of carbonyl (C=O) groups excluding carboxylic acids is 1. The van der Waals surface area contributed by atoms with Gasteiger partial charge in [-0.15, -0.1) is 0 Å². The van der Waals surface area contributed by atoms with Crippen molar-refractivity contribution in [2.24, 2.45) is 0 Å². The number of nitrogens with one attached hydrogen (secondary N) is 1. The van der Waals surface area contributed by atoms with E-state index in [0.717, 1.165) is 12.0 Å². The Morgan fingerprint density at radius 1 is 1.20 bits per heavy atom. The van der Waals surface area contributed by atoms with Gasteiger partial charge in [0.05, 0.1) is 24.7 Å². The molecule has 0 radical (unpaired) electrons. The number of amides is 1. The smallest absolute Gasteiger partial charge is 0.286 e. The predicted octanol–water partition coefficient (Wildman–Crippen LogP) is 3.82. The molecule has 2 rings (SSSR count). The second-order valence-corrected chi connectivity index (χ2v) is 5.18. The lowest BCUT2D eigenvalue weighted by atomic mass is 10.1. The number of anilines is 1. The summed E-state index contributed by atoms with van der Waals surface area (Å²) < 4.78 is 10.5. The molecule has 132 valence electrons. The first-order valence-electron chi connectivity index (χ1n) is 7.90. The number of nitro benzene ring substituents is 1. The van der Waals surface area contributed by atoms with Crippen molar-refractivity contribution < 1.29 is 19.2 Å². The van der Waals surface area contributed by atoms with Crippen LogP contribution in [0.2, 0.25) is 0 Å². The molecule has 25 heavy (non-hydrogen) atoms. The van der Waals surface area contributed by atoms with E-state index in [9.17, 15) is 14.9 Å². The summed E-state index contributed by atoms with van der Waals surface area (Å²) in [4.78, 5) is 23.4. The van der Waals surface area contributed by atoms with Gasteiger partial charge in [0.15, 0.2) is 11.5 Å². The molecule has 0 saturated heterocycles. The van der Waals surface area contributed by atoms with Crippen LogP contribution in [0.5, 0.6) is 11.5 Å². The highest BCUT2D eigenvalue weighted by Crippen LogP contribution is 2.35. The van der Waals surface area contributed by atoms with Crippen molar-refractivity contribution >= 4 is 17.3 Å². The van der Waals surface area contributed by atoms with E-state index in [1.807, 2.05) is 19.1 Å². The molecule has 0 fully saturated rings. The summed E-state index contributed by atoms with van der Waals surface area (Å²) in [6.45, 7) is 4.05. The van der Waals surface area contributed by atoms with Gasteiger partial charge in [-0.2, -0.15) is 0 Å². The van der Waals surface area contributed by atoms with Gasteiger partial charge in [0, 0.05) is 11.8 Å². The molecule has 0 heterocycles. The van der Waals surface area contributed by atoms with Gasteiger partial charge in [-0.25, -0.2) is 0 Å². The van der Waals surface area contributed by atoms with Crippen molar-refractivity contribution in [2.45, 2.75) is 20.3 Å². The molecule has 1 N–H and O–H groups in total. The van der Waals surface area contributed by atoms with Crippen LogP contribution in [-0.2, 0) is 6.42 Å². The van der Waals surface area contributed by atoms with Gasteiger partial charge in [0.1, 0.15) is 5.56 Å². The fraction of sp³-hybridized carbons (Fsp3) is 0.278. The van der Waals surface area contributed by atoms with Gasteiger partial charge in [0.25, 0.3) is 11.6 Å². The minimum atomic E-state index is -0.609. The monoisotopic (exact) mass is 344 g/mol. The van der Waals surface area contributed by atoms with Gasteiger partial charge in [-0.05, 0) is 25.0 Å². The van der Waals surface area contributed by atoms with Crippen LogP contribution in [0, 0.1) is 10.1 Å². The number of aryl methyl sites for hydroxylation is 1. The summed E-state index contributed by atoms with van der Waals surface area (Å²) >= 11 is 0. The van der Waals surface area contributed by atoms with E-state index in [2.05, 4.69) is 5.32 Å². The highest BCUT2D eigenvalue weighted by atomic mass is 16.6. The van der Waals surface area contributed by atoms with E-state index in [1.54, 1.807) is 19.1 Å². The van der Waals surface area contributed by atoms with E-state index in [4.69, 9.17) is 9.47 Å². The largest absolute Gasteiger partial charge is 0.493 e. The third-order valence-corrected chi connectivity index (χ3v) is 3.67. The molecule has 1 amide bonds. The fourth-order valence-corrected chi connectivity index (χ4v) is 2.45. The third kappa shape index (κ3) is 4.06. The maximum absolute atomic E-state index is 12.6. The predicted molar refractivity (Wildman–Crippen MR) is 94.6 cm³/mol. The maximum atomic E-state index is 12.6. The Hall–Kier alpha value is -3.09. The highest BCUT2D eigenvalue weighted by molar-refractivity contribution is 6.08. The SMILES string of the molecule is CCOc1cc([N+](=O)[O-])c(C(=O)Nc2ccccc2CC)cc1OC. The molecule has 7 nitrogen and oxygen atoms in total. The average Bonchev–Trinajstić information content (AvgIpc) is 2.61. The molecule has 0 bridgehead atoms. The van der Waals surface area contributed by atoms with Crippen molar-refractivity contribution in [3.63, 3.8) is 0 Å². The first kappa shape index (κ1) is 18.3. The van der Waals surface area contributed by atoms with Crippen molar-refractivity contribution in [3.05, 3.63) is 57.6 Å². The minimum absolute atomic E-state index is 0.0868. The first-order chi connectivity index (χ1) is 12.0. The number of methoxy groups -OCH3 is 1. The van der Waals surface area contributed by atoms with Crippen molar-refractivity contribution in [2.75, 3.05) is 19.0 Å². The van der Waals surface area contributed by atoms with Crippen LogP contribution >= 0.6 is 0 Å². The first-order valence-corrected chi connectivity index (χ1v) is 7.90. The number of carbonyl (C=O) groups is 1. The molecule has 0 saturated carbocycles. The lowest BCUT2D eigenvalue weighted by Crippen LogP contribution is -2.15. The molecular formula is C18H20N2O5. The zero-order valence-corrected chi connectivity index (χ0v) is 14.4. The Morgan fingerprint density at radius 2 is 1.92 bits per heavy atom. The maximum Gasteiger partial charge on any atom is 0.286 e. The molecule has 0 aliphatic heterocycles. The topological polar surface area (TPSA) is 90.7 Å². The van der Waals surface area contributed by atoms with Crippen LogP contribution in [0.1, 0.15) is 29.8 Å². The number of para-hydroxylation sites is 1. The molecule has 0 aliphatic rings. The zero-order chi connectivity index (χ0) is 18.4. The van der Waals surface area contributed by atoms with Crippen molar-refractivity contribution in [1.82, 2.24) is 0 Å². The second kappa shape index (κ2) is 8.14. The summed E-state index contributed by atoms with van der Waals surface area (Å²) in [6.07, 6.45) is 0.727. The molecule has 2 aromatic rings. The lowest BCUT2D eigenvalue weighted by Gasteiger charge is -2.13. The standard InChI is InChI=1S/C18H20N2O5/c1-4-12-8-6-7-9-14(12)19-18(21)13-10-16(24-3)17(25-5-2)11-15(13)20(22)23/h6-11H,4-5H2,1-3H3,(H,19,21). The van der Waals surface area contributed by atoms with Gasteiger partial charge in [-0.1, -0.05) is 25.1 Å².